The van der Waals surface area contributed by atoms with Gasteiger partial charge < -0.3 is 10.4 Å². The molecule has 1 amide bonds. The molecule has 0 saturated carbocycles. The van der Waals surface area contributed by atoms with Crippen LogP contribution in [0.15, 0.2) is 60.7 Å². The van der Waals surface area contributed by atoms with Gasteiger partial charge in [0.2, 0.25) is 5.91 Å². The number of nitrogens with one attached hydrogen (secondary N) is 1. The Balaban J connectivity index is 2.12. The van der Waals surface area contributed by atoms with Crippen LogP contribution in [0.1, 0.15) is 24.0 Å². The number of amides is 1. The second-order valence-corrected chi connectivity index (χ2v) is 6.55. The third-order valence-electron chi connectivity index (χ3n) is 4.47. The number of carboxylic acids is 1. The van der Waals surface area contributed by atoms with E-state index in [-0.39, 0.29) is 25.3 Å². The zero-order valence-corrected chi connectivity index (χ0v) is 15.2. The summed E-state index contributed by atoms with van der Waals surface area (Å²) < 4.78 is 0. The van der Waals surface area contributed by atoms with E-state index in [1.807, 2.05) is 66.7 Å². The minimum atomic E-state index is -0.901. The predicted octanol–water partition coefficient (Wildman–Crippen LogP) is 3.21. The highest BCUT2D eigenvalue weighted by Crippen LogP contribution is 2.22. The van der Waals surface area contributed by atoms with Gasteiger partial charge in [-0.15, -0.1) is 0 Å². The SMILES string of the molecule is N#CCCNC(=O)C(Cc1ccccc1)C[C@H](Cc1ccccc1)C(=O)O. The molecule has 5 heteroatoms. The summed E-state index contributed by atoms with van der Waals surface area (Å²) in [6.07, 6.45) is 1.33. The molecule has 2 aromatic rings. The van der Waals surface area contributed by atoms with E-state index >= 15 is 0 Å². The minimum absolute atomic E-state index is 0.201. The number of nitrogens with zero attached hydrogens (tertiary/aromatic N) is 1. The van der Waals surface area contributed by atoms with Crippen LogP contribution < -0.4 is 5.32 Å². The molecule has 2 N–H and O–H groups in total. The van der Waals surface area contributed by atoms with Gasteiger partial charge in [-0.25, -0.2) is 0 Å². The molecule has 0 aliphatic rings. The molecule has 140 valence electrons. The quantitative estimate of drug-likeness (QED) is 0.634. The average Bonchev–Trinajstić information content (AvgIpc) is 2.68. The number of hydrogen-bond donors (Lipinski definition) is 2. The Kier molecular flexibility index (Phi) is 8.05. The van der Waals surface area contributed by atoms with E-state index in [9.17, 15) is 14.7 Å². The molecule has 0 aliphatic heterocycles. The molecule has 0 aliphatic carbocycles. The van der Waals surface area contributed by atoms with Crippen molar-refractivity contribution in [3.05, 3.63) is 71.8 Å². The number of hydrogen-bond acceptors (Lipinski definition) is 3. The highest BCUT2D eigenvalue weighted by molar-refractivity contribution is 5.80. The fraction of sp³-hybridized carbons (Fsp3) is 0.318. The number of nitriles is 1. The Hall–Kier alpha value is -3.13. The third kappa shape index (κ3) is 6.95. The Bertz CT molecular complexity index is 769. The Morgan fingerprint density at radius 1 is 0.926 bits per heavy atom. The number of rotatable bonds is 10. The third-order valence-corrected chi connectivity index (χ3v) is 4.47. The van der Waals surface area contributed by atoms with Crippen molar-refractivity contribution in [1.82, 2.24) is 5.32 Å². The molecule has 0 radical (unpaired) electrons. The van der Waals surface area contributed by atoms with Gasteiger partial charge in [0.05, 0.1) is 18.4 Å². The number of carboxylic acid groups (broad SMARTS) is 1. The van der Waals surface area contributed by atoms with E-state index in [0.717, 1.165) is 11.1 Å². The van der Waals surface area contributed by atoms with Crippen LogP contribution in [0.5, 0.6) is 0 Å². The lowest BCUT2D eigenvalue weighted by atomic mass is 9.85. The average molecular weight is 364 g/mol. The second kappa shape index (κ2) is 10.8. The van der Waals surface area contributed by atoms with E-state index in [1.165, 1.54) is 0 Å². The molecular formula is C22H24N2O3. The van der Waals surface area contributed by atoms with E-state index in [2.05, 4.69) is 5.32 Å². The van der Waals surface area contributed by atoms with Crippen molar-refractivity contribution in [1.29, 1.82) is 5.26 Å². The van der Waals surface area contributed by atoms with Crippen molar-refractivity contribution >= 4 is 11.9 Å². The van der Waals surface area contributed by atoms with E-state index < -0.39 is 17.8 Å². The number of aliphatic carboxylic acids is 1. The van der Waals surface area contributed by atoms with Crippen LogP contribution >= 0.6 is 0 Å². The molecule has 0 saturated heterocycles. The van der Waals surface area contributed by atoms with Crippen LogP contribution in [0, 0.1) is 23.2 Å². The number of carbonyl (C=O) groups is 2. The summed E-state index contributed by atoms with van der Waals surface area (Å²) in [4.78, 5) is 24.4. The van der Waals surface area contributed by atoms with Crippen LogP contribution in [0.25, 0.3) is 0 Å². The minimum Gasteiger partial charge on any atom is -0.481 e. The Morgan fingerprint density at radius 3 is 1.93 bits per heavy atom. The second-order valence-electron chi connectivity index (χ2n) is 6.55. The van der Waals surface area contributed by atoms with Crippen LogP contribution in [0.2, 0.25) is 0 Å². The van der Waals surface area contributed by atoms with Crippen molar-refractivity contribution in [3.8, 4) is 6.07 Å². The van der Waals surface area contributed by atoms with Gasteiger partial charge in [0.25, 0.3) is 0 Å². The lowest BCUT2D eigenvalue weighted by Gasteiger charge is -2.21. The fourth-order valence-electron chi connectivity index (χ4n) is 3.08. The van der Waals surface area contributed by atoms with Crippen LogP contribution in [0.4, 0.5) is 0 Å². The number of benzene rings is 2. The molecule has 2 rings (SSSR count). The summed E-state index contributed by atoms with van der Waals surface area (Å²) in [5, 5.41) is 21.1. The summed E-state index contributed by atoms with van der Waals surface area (Å²) in [7, 11) is 0. The van der Waals surface area contributed by atoms with Crippen molar-refractivity contribution in [2.75, 3.05) is 6.54 Å². The van der Waals surface area contributed by atoms with Crippen molar-refractivity contribution < 1.29 is 14.7 Å². The molecule has 2 aromatic carbocycles. The molecule has 2 atom stereocenters. The summed E-state index contributed by atoms with van der Waals surface area (Å²) >= 11 is 0. The van der Waals surface area contributed by atoms with Gasteiger partial charge in [-0.1, -0.05) is 60.7 Å². The normalized spacial score (nSPS) is 12.6. The summed E-state index contributed by atoms with van der Waals surface area (Å²) in [6.45, 7) is 0.275. The van der Waals surface area contributed by atoms with Crippen LogP contribution in [0.3, 0.4) is 0 Å². The first-order valence-electron chi connectivity index (χ1n) is 9.05. The van der Waals surface area contributed by atoms with Gasteiger partial charge in [0.15, 0.2) is 0 Å². The monoisotopic (exact) mass is 364 g/mol. The van der Waals surface area contributed by atoms with Gasteiger partial charge in [-0.3, -0.25) is 9.59 Å². The summed E-state index contributed by atoms with van der Waals surface area (Å²) in [5.74, 6) is -2.21. The predicted molar refractivity (Wildman–Crippen MR) is 103 cm³/mol. The van der Waals surface area contributed by atoms with Gasteiger partial charge >= 0.3 is 5.97 Å². The van der Waals surface area contributed by atoms with Gasteiger partial charge in [0, 0.05) is 12.5 Å². The topological polar surface area (TPSA) is 90.2 Å². The fourth-order valence-corrected chi connectivity index (χ4v) is 3.08. The molecule has 5 nitrogen and oxygen atoms in total. The van der Waals surface area contributed by atoms with Gasteiger partial charge in [-0.05, 0) is 30.4 Å². The largest absolute Gasteiger partial charge is 0.481 e. The highest BCUT2D eigenvalue weighted by atomic mass is 16.4. The maximum Gasteiger partial charge on any atom is 0.306 e. The summed E-state index contributed by atoms with van der Waals surface area (Å²) in [5.41, 5.74) is 1.93. The Labute approximate surface area is 159 Å². The van der Waals surface area contributed by atoms with Gasteiger partial charge in [0.1, 0.15) is 0 Å². The smallest absolute Gasteiger partial charge is 0.306 e. The first-order valence-corrected chi connectivity index (χ1v) is 9.05. The molecule has 0 heterocycles. The maximum absolute atomic E-state index is 12.6. The first-order chi connectivity index (χ1) is 13.1. The van der Waals surface area contributed by atoms with Crippen LogP contribution in [-0.4, -0.2) is 23.5 Å². The molecule has 27 heavy (non-hydrogen) atoms. The zero-order chi connectivity index (χ0) is 19.5. The lowest BCUT2D eigenvalue weighted by molar-refractivity contribution is -0.142. The molecule has 0 bridgehead atoms. The molecule has 0 fully saturated rings. The van der Waals surface area contributed by atoms with Crippen molar-refractivity contribution in [2.45, 2.75) is 25.7 Å². The van der Waals surface area contributed by atoms with E-state index in [1.54, 1.807) is 0 Å². The summed E-state index contributed by atoms with van der Waals surface area (Å²) in [6, 6.07) is 21.0. The van der Waals surface area contributed by atoms with Crippen molar-refractivity contribution in [3.63, 3.8) is 0 Å². The molecule has 0 spiro atoms. The van der Waals surface area contributed by atoms with Crippen molar-refractivity contribution in [2.24, 2.45) is 11.8 Å². The van der Waals surface area contributed by atoms with Gasteiger partial charge in [-0.2, -0.15) is 5.26 Å². The lowest BCUT2D eigenvalue weighted by Crippen LogP contribution is -2.35. The zero-order valence-electron chi connectivity index (χ0n) is 15.2. The highest BCUT2D eigenvalue weighted by Gasteiger charge is 2.27. The standard InChI is InChI=1S/C22H24N2O3/c23-12-7-13-24-21(25)19(14-17-8-3-1-4-9-17)16-20(22(26)27)15-18-10-5-2-6-11-18/h1-6,8-11,19-20H,7,13-16H2,(H,24,25)(H,26,27)/t19?,20-/m0/s1. The van der Waals surface area contributed by atoms with E-state index in [4.69, 9.17) is 5.26 Å². The Morgan fingerprint density at radius 2 is 1.44 bits per heavy atom. The molecule has 0 aromatic heterocycles. The maximum atomic E-state index is 12.6. The van der Waals surface area contributed by atoms with Crippen LogP contribution in [-0.2, 0) is 22.4 Å². The molecule has 1 unspecified atom stereocenters. The first kappa shape index (κ1) is 20.2. The number of carbonyl (C=O) groups excluding carboxylic acids is 1. The van der Waals surface area contributed by atoms with E-state index in [0.29, 0.717) is 12.8 Å². The molecular weight excluding hydrogens is 340 g/mol.